The molecule has 0 radical (unpaired) electrons. The molecule has 1 heterocycles. The molecule has 19 heavy (non-hydrogen) atoms. The molecular weight excluding hydrogens is 246 g/mol. The van der Waals surface area contributed by atoms with Crippen molar-refractivity contribution in [2.45, 2.75) is 6.42 Å². The number of benzene rings is 1. The Hall–Kier alpha value is -2.04. The molecule has 1 atom stereocenters. The van der Waals surface area contributed by atoms with Crippen molar-refractivity contribution < 1.29 is 19.1 Å². The third-order valence-electron chi connectivity index (χ3n) is 3.35. The molecule has 0 aromatic heterocycles. The maximum atomic E-state index is 12.4. The predicted octanol–water partition coefficient (Wildman–Crippen LogP) is 1.33. The van der Waals surface area contributed by atoms with Gasteiger partial charge in [-0.1, -0.05) is 12.1 Å². The van der Waals surface area contributed by atoms with Gasteiger partial charge in [0.25, 0.3) is 5.91 Å². The zero-order valence-electron chi connectivity index (χ0n) is 11.1. The van der Waals surface area contributed by atoms with Gasteiger partial charge in [0, 0.05) is 13.1 Å². The minimum absolute atomic E-state index is 0.108. The van der Waals surface area contributed by atoms with E-state index >= 15 is 0 Å². The van der Waals surface area contributed by atoms with E-state index in [1.165, 1.54) is 14.2 Å². The Balaban J connectivity index is 2.11. The van der Waals surface area contributed by atoms with Gasteiger partial charge in [-0.25, -0.2) is 0 Å². The lowest BCUT2D eigenvalue weighted by molar-refractivity contribution is -0.144. The zero-order chi connectivity index (χ0) is 13.8. The maximum Gasteiger partial charge on any atom is 0.310 e. The first-order valence-electron chi connectivity index (χ1n) is 6.17. The zero-order valence-corrected chi connectivity index (χ0v) is 11.1. The predicted molar refractivity (Wildman–Crippen MR) is 69.0 cm³/mol. The minimum atomic E-state index is -0.254. The first-order chi connectivity index (χ1) is 9.17. The van der Waals surface area contributed by atoms with Crippen LogP contribution in [0.25, 0.3) is 0 Å². The number of likely N-dealkylation sites (tertiary alicyclic amines) is 1. The molecule has 1 aliphatic rings. The largest absolute Gasteiger partial charge is 0.496 e. The maximum absolute atomic E-state index is 12.4. The standard InChI is InChI=1S/C14H17NO4/c1-18-12-6-4-3-5-11(12)13(16)15-8-7-10(9-15)14(17)19-2/h3-6,10H,7-9H2,1-2H3. The number of carbonyl (C=O) groups is 2. The first-order valence-corrected chi connectivity index (χ1v) is 6.17. The fourth-order valence-corrected chi connectivity index (χ4v) is 2.30. The van der Waals surface area contributed by atoms with Crippen molar-refractivity contribution in [3.05, 3.63) is 29.8 Å². The van der Waals surface area contributed by atoms with Crippen LogP contribution in [0.4, 0.5) is 0 Å². The number of rotatable bonds is 3. The summed E-state index contributed by atoms with van der Waals surface area (Å²) in [5, 5.41) is 0. The SMILES string of the molecule is COC(=O)C1CCN(C(=O)c2ccccc2OC)C1. The number of methoxy groups -OCH3 is 2. The second-order valence-corrected chi connectivity index (χ2v) is 4.46. The fraction of sp³-hybridized carbons (Fsp3) is 0.429. The Morgan fingerprint density at radius 1 is 1.26 bits per heavy atom. The van der Waals surface area contributed by atoms with Crippen LogP contribution in [0.3, 0.4) is 0 Å². The summed E-state index contributed by atoms with van der Waals surface area (Å²) in [6.07, 6.45) is 0.646. The second kappa shape index (κ2) is 5.73. The number of hydrogen-bond acceptors (Lipinski definition) is 4. The molecule has 0 spiro atoms. The molecule has 0 saturated carbocycles. The number of para-hydroxylation sites is 1. The second-order valence-electron chi connectivity index (χ2n) is 4.46. The smallest absolute Gasteiger partial charge is 0.310 e. The van der Waals surface area contributed by atoms with Gasteiger partial charge in [0.15, 0.2) is 0 Å². The topological polar surface area (TPSA) is 55.8 Å². The molecule has 1 aromatic carbocycles. The van der Waals surface area contributed by atoms with Crippen molar-refractivity contribution in [2.75, 3.05) is 27.3 Å². The Bertz CT molecular complexity index is 486. The quantitative estimate of drug-likeness (QED) is 0.772. The van der Waals surface area contributed by atoms with Crippen LogP contribution in [0.15, 0.2) is 24.3 Å². The number of amides is 1. The van der Waals surface area contributed by atoms with E-state index in [2.05, 4.69) is 0 Å². The van der Waals surface area contributed by atoms with Crippen molar-refractivity contribution >= 4 is 11.9 Å². The van der Waals surface area contributed by atoms with Crippen LogP contribution in [0.5, 0.6) is 5.75 Å². The summed E-state index contributed by atoms with van der Waals surface area (Å²) in [6.45, 7) is 0.972. The van der Waals surface area contributed by atoms with Gasteiger partial charge in [-0.3, -0.25) is 9.59 Å². The molecule has 1 saturated heterocycles. The van der Waals surface area contributed by atoms with Crippen LogP contribution < -0.4 is 4.74 Å². The first kappa shape index (κ1) is 13.4. The molecule has 1 fully saturated rings. The third-order valence-corrected chi connectivity index (χ3v) is 3.35. The Kier molecular flexibility index (Phi) is 4.04. The summed E-state index contributed by atoms with van der Waals surface area (Å²) in [4.78, 5) is 25.5. The van der Waals surface area contributed by atoms with Crippen molar-refractivity contribution in [1.29, 1.82) is 0 Å². The lowest BCUT2D eigenvalue weighted by Crippen LogP contribution is -2.30. The summed E-state index contributed by atoms with van der Waals surface area (Å²) >= 11 is 0. The summed E-state index contributed by atoms with van der Waals surface area (Å²) in [5.41, 5.74) is 0.524. The molecule has 2 rings (SSSR count). The van der Waals surface area contributed by atoms with E-state index in [9.17, 15) is 9.59 Å². The Morgan fingerprint density at radius 3 is 2.68 bits per heavy atom. The van der Waals surface area contributed by atoms with E-state index in [0.29, 0.717) is 30.8 Å². The molecule has 1 unspecified atom stereocenters. The number of nitrogens with zero attached hydrogens (tertiary/aromatic N) is 1. The van der Waals surface area contributed by atoms with Crippen molar-refractivity contribution in [2.24, 2.45) is 5.92 Å². The lowest BCUT2D eigenvalue weighted by atomic mass is 10.1. The number of esters is 1. The van der Waals surface area contributed by atoms with Crippen molar-refractivity contribution in [3.63, 3.8) is 0 Å². The van der Waals surface area contributed by atoms with Crippen LogP contribution in [0, 0.1) is 5.92 Å². The number of hydrogen-bond donors (Lipinski definition) is 0. The van der Waals surface area contributed by atoms with E-state index in [1.807, 2.05) is 6.07 Å². The molecule has 5 heteroatoms. The highest BCUT2D eigenvalue weighted by Crippen LogP contribution is 2.24. The average molecular weight is 263 g/mol. The molecule has 1 aliphatic heterocycles. The van der Waals surface area contributed by atoms with Gasteiger partial charge in [0.1, 0.15) is 5.75 Å². The van der Waals surface area contributed by atoms with Crippen LogP contribution in [-0.2, 0) is 9.53 Å². The fourth-order valence-electron chi connectivity index (χ4n) is 2.30. The van der Waals surface area contributed by atoms with Crippen LogP contribution in [0.2, 0.25) is 0 Å². The summed E-state index contributed by atoms with van der Waals surface area (Å²) < 4.78 is 9.89. The summed E-state index contributed by atoms with van der Waals surface area (Å²) in [5.74, 6) is -0.0307. The normalized spacial score (nSPS) is 18.2. The van der Waals surface area contributed by atoms with Gasteiger partial charge in [0.05, 0.1) is 25.7 Å². The Morgan fingerprint density at radius 2 is 2.00 bits per heavy atom. The molecule has 102 valence electrons. The van der Waals surface area contributed by atoms with Crippen molar-refractivity contribution in [1.82, 2.24) is 4.90 Å². The number of carbonyl (C=O) groups excluding carboxylic acids is 2. The molecule has 0 bridgehead atoms. The van der Waals surface area contributed by atoms with Gasteiger partial charge >= 0.3 is 5.97 Å². The van der Waals surface area contributed by atoms with Crippen molar-refractivity contribution in [3.8, 4) is 5.75 Å². The highest BCUT2D eigenvalue weighted by Gasteiger charge is 2.32. The van der Waals surface area contributed by atoms with Gasteiger partial charge in [-0.15, -0.1) is 0 Å². The minimum Gasteiger partial charge on any atom is -0.496 e. The summed E-state index contributed by atoms with van der Waals surface area (Å²) in [6, 6.07) is 7.09. The average Bonchev–Trinajstić information content (AvgIpc) is 2.95. The van der Waals surface area contributed by atoms with Gasteiger partial charge in [-0.05, 0) is 18.6 Å². The van der Waals surface area contributed by atoms with E-state index < -0.39 is 0 Å². The van der Waals surface area contributed by atoms with Gasteiger partial charge in [-0.2, -0.15) is 0 Å². The van der Waals surface area contributed by atoms with Crippen LogP contribution >= 0.6 is 0 Å². The van der Waals surface area contributed by atoms with E-state index in [-0.39, 0.29) is 17.8 Å². The van der Waals surface area contributed by atoms with E-state index in [4.69, 9.17) is 9.47 Å². The molecule has 1 aromatic rings. The van der Waals surface area contributed by atoms with Gasteiger partial charge in [0.2, 0.25) is 0 Å². The number of ether oxygens (including phenoxy) is 2. The Labute approximate surface area is 112 Å². The molecular formula is C14H17NO4. The third kappa shape index (κ3) is 2.70. The lowest BCUT2D eigenvalue weighted by Gasteiger charge is -2.17. The van der Waals surface area contributed by atoms with E-state index in [0.717, 1.165) is 0 Å². The highest BCUT2D eigenvalue weighted by atomic mass is 16.5. The summed E-state index contributed by atoms with van der Waals surface area (Å²) in [7, 11) is 2.90. The monoisotopic (exact) mass is 263 g/mol. The van der Waals surface area contributed by atoms with Crippen LogP contribution in [-0.4, -0.2) is 44.1 Å². The van der Waals surface area contributed by atoms with Gasteiger partial charge < -0.3 is 14.4 Å². The van der Waals surface area contributed by atoms with E-state index in [1.54, 1.807) is 23.1 Å². The molecule has 1 amide bonds. The molecule has 0 aliphatic carbocycles. The molecule has 5 nitrogen and oxygen atoms in total. The van der Waals surface area contributed by atoms with Crippen LogP contribution in [0.1, 0.15) is 16.8 Å². The molecule has 0 N–H and O–H groups in total. The highest BCUT2D eigenvalue weighted by molar-refractivity contribution is 5.97.